The number of rotatable bonds is 3. The van der Waals surface area contributed by atoms with Crippen LogP contribution < -0.4 is 10.7 Å². The molecular weight excluding hydrogens is 452 g/mol. The summed E-state index contributed by atoms with van der Waals surface area (Å²) < 4.78 is 7.43. The van der Waals surface area contributed by atoms with E-state index in [9.17, 15) is 9.59 Å². The Bertz CT molecular complexity index is 1200. The number of thiophene rings is 1. The number of hydrogen-bond acceptors (Lipinski definition) is 5. The Balaban J connectivity index is 1.70. The molecule has 0 radical (unpaired) electrons. The number of carbonyl (C=O) groups excluding carboxylic acids is 1. The zero-order valence-electron chi connectivity index (χ0n) is 16.9. The van der Waals surface area contributed by atoms with Gasteiger partial charge < -0.3 is 14.6 Å². The van der Waals surface area contributed by atoms with Crippen LogP contribution in [-0.4, -0.2) is 29.7 Å². The summed E-state index contributed by atoms with van der Waals surface area (Å²) in [5.74, 6) is -0.323. The van der Waals surface area contributed by atoms with Crippen LogP contribution in [0.3, 0.4) is 0 Å². The molecule has 2 unspecified atom stereocenters. The highest BCUT2D eigenvalue weighted by Crippen LogP contribution is 2.45. The van der Waals surface area contributed by atoms with E-state index in [0.29, 0.717) is 24.7 Å². The molecule has 1 amide bonds. The van der Waals surface area contributed by atoms with Gasteiger partial charge in [-0.1, -0.05) is 11.6 Å². The van der Waals surface area contributed by atoms with Crippen LogP contribution in [0.2, 0.25) is 5.02 Å². The Hall–Kier alpha value is -2.06. The molecule has 4 heterocycles. The Morgan fingerprint density at radius 1 is 1.29 bits per heavy atom. The summed E-state index contributed by atoms with van der Waals surface area (Å²) in [5, 5.41) is 7.92. The number of benzene rings is 1. The van der Waals surface area contributed by atoms with Gasteiger partial charge in [0.1, 0.15) is 5.56 Å². The molecule has 160 valence electrons. The molecule has 5 rings (SSSR count). The van der Waals surface area contributed by atoms with Crippen molar-refractivity contribution in [3.8, 4) is 5.69 Å². The third-order valence-corrected chi connectivity index (χ3v) is 7.96. The van der Waals surface area contributed by atoms with Crippen molar-refractivity contribution >= 4 is 40.6 Å². The number of carbonyl (C=O) groups is 1. The number of nitrogens with zero attached hydrogens (tertiary/aromatic N) is 1. The minimum absolute atomic E-state index is 0.0623. The highest BCUT2D eigenvalue weighted by atomic mass is 35.5. The van der Waals surface area contributed by atoms with Crippen molar-refractivity contribution in [1.29, 1.82) is 0 Å². The first-order valence-corrected chi connectivity index (χ1v) is 12.3. The Morgan fingerprint density at radius 3 is 2.90 bits per heavy atom. The van der Waals surface area contributed by atoms with Gasteiger partial charge in [-0.2, -0.15) is 11.3 Å². The van der Waals surface area contributed by atoms with E-state index in [0.717, 1.165) is 28.4 Å². The summed E-state index contributed by atoms with van der Waals surface area (Å²) >= 11 is 9.69. The van der Waals surface area contributed by atoms with Gasteiger partial charge in [-0.3, -0.25) is 9.59 Å². The lowest BCUT2D eigenvalue weighted by Crippen LogP contribution is -2.39. The molecule has 0 bridgehead atoms. The smallest absolute Gasteiger partial charge is 0.257 e. The van der Waals surface area contributed by atoms with Crippen LogP contribution in [0.5, 0.6) is 0 Å². The summed E-state index contributed by atoms with van der Waals surface area (Å²) in [7, 11) is 0. The van der Waals surface area contributed by atoms with Gasteiger partial charge in [0.25, 0.3) is 5.91 Å². The van der Waals surface area contributed by atoms with E-state index in [1.54, 1.807) is 29.2 Å². The van der Waals surface area contributed by atoms with Crippen LogP contribution in [-0.2, 0) is 11.2 Å². The summed E-state index contributed by atoms with van der Waals surface area (Å²) in [5.41, 5.74) is 3.65. The molecule has 31 heavy (non-hydrogen) atoms. The van der Waals surface area contributed by atoms with Crippen LogP contribution in [0.4, 0.5) is 0 Å². The van der Waals surface area contributed by atoms with Crippen LogP contribution in [0.25, 0.3) is 5.69 Å². The second-order valence-corrected chi connectivity index (χ2v) is 10.3. The summed E-state index contributed by atoms with van der Waals surface area (Å²) in [6.45, 7) is 3.02. The zero-order valence-corrected chi connectivity index (χ0v) is 19.3. The first kappa shape index (κ1) is 20.8. The minimum Gasteiger partial charge on any atom is -0.379 e. The van der Waals surface area contributed by atoms with E-state index in [1.165, 1.54) is 5.56 Å². The van der Waals surface area contributed by atoms with Crippen molar-refractivity contribution in [2.75, 3.05) is 13.2 Å². The largest absolute Gasteiger partial charge is 0.379 e. The second-order valence-electron chi connectivity index (χ2n) is 7.82. The quantitative estimate of drug-likeness (QED) is 0.596. The van der Waals surface area contributed by atoms with Gasteiger partial charge in [0, 0.05) is 45.6 Å². The number of aromatic nitrogens is 1. The topological polar surface area (TPSA) is 60.3 Å². The SMILES string of the molecule is Cc1cc(=O)c(C(=O)NC2CCOC2)c2n1-c1ccc(Cl)cc1SC(c1ccsc1)C2. The van der Waals surface area contributed by atoms with Crippen LogP contribution in [0, 0.1) is 6.92 Å². The zero-order chi connectivity index (χ0) is 21.5. The third-order valence-electron chi connectivity index (χ3n) is 5.72. The molecule has 5 nitrogen and oxygen atoms in total. The highest BCUT2D eigenvalue weighted by molar-refractivity contribution is 7.99. The highest BCUT2D eigenvalue weighted by Gasteiger charge is 2.30. The lowest BCUT2D eigenvalue weighted by atomic mass is 10.0. The maximum absolute atomic E-state index is 13.3. The monoisotopic (exact) mass is 472 g/mol. The Morgan fingerprint density at radius 2 is 2.16 bits per heavy atom. The third kappa shape index (κ3) is 3.96. The Kier molecular flexibility index (Phi) is 5.69. The number of thioether (sulfide) groups is 1. The van der Waals surface area contributed by atoms with Crippen molar-refractivity contribution in [3.63, 3.8) is 0 Å². The summed E-state index contributed by atoms with van der Waals surface area (Å²) in [6, 6.07) is 9.37. The maximum Gasteiger partial charge on any atom is 0.257 e. The molecular formula is C23H21ClN2O3S2. The van der Waals surface area contributed by atoms with E-state index in [1.807, 2.05) is 29.7 Å². The number of amides is 1. The summed E-state index contributed by atoms with van der Waals surface area (Å²) in [6.07, 6.45) is 1.32. The molecule has 1 N–H and O–H groups in total. The maximum atomic E-state index is 13.3. The van der Waals surface area contributed by atoms with E-state index in [-0.39, 0.29) is 28.2 Å². The molecule has 2 atom stereocenters. The minimum atomic E-state index is -0.323. The molecule has 0 saturated carbocycles. The van der Waals surface area contributed by atoms with Gasteiger partial charge in [-0.25, -0.2) is 0 Å². The number of fused-ring (bicyclic) bond motifs is 3. The second kappa shape index (κ2) is 8.47. The number of hydrogen-bond donors (Lipinski definition) is 1. The fourth-order valence-corrected chi connectivity index (χ4v) is 6.60. The standard InChI is InChI=1S/C23H21ClN2O3S2/c1-13-8-19(27)22(23(28)25-16-4-6-29-11-16)18-10-20(14-5-7-30-12-14)31-21-9-15(24)2-3-17(21)26(13)18/h2-3,5,7-9,12,16,20H,4,6,10-11H2,1H3,(H,25,28). The van der Waals surface area contributed by atoms with Crippen LogP contribution in [0.15, 0.2) is 50.8 Å². The van der Waals surface area contributed by atoms with E-state index in [2.05, 4.69) is 22.1 Å². The number of ether oxygens (including phenoxy) is 1. The van der Waals surface area contributed by atoms with Gasteiger partial charge >= 0.3 is 0 Å². The number of pyridine rings is 1. The van der Waals surface area contributed by atoms with Crippen molar-refractivity contribution in [2.24, 2.45) is 0 Å². The van der Waals surface area contributed by atoms with E-state index < -0.39 is 0 Å². The lowest BCUT2D eigenvalue weighted by Gasteiger charge is -2.20. The average molecular weight is 473 g/mol. The molecule has 8 heteroatoms. The molecule has 2 aromatic heterocycles. The fraction of sp³-hybridized carbons (Fsp3) is 0.304. The van der Waals surface area contributed by atoms with Crippen molar-refractivity contribution in [1.82, 2.24) is 9.88 Å². The fourth-order valence-electron chi connectivity index (χ4n) is 4.25. The Labute approximate surface area is 193 Å². The molecule has 0 aliphatic carbocycles. The predicted octanol–water partition coefficient (Wildman–Crippen LogP) is 4.77. The van der Waals surface area contributed by atoms with Crippen molar-refractivity contribution in [2.45, 2.75) is 36.0 Å². The van der Waals surface area contributed by atoms with E-state index in [4.69, 9.17) is 16.3 Å². The lowest BCUT2D eigenvalue weighted by molar-refractivity contribution is 0.0927. The number of aryl methyl sites for hydroxylation is 1. The van der Waals surface area contributed by atoms with Gasteiger partial charge in [-0.05, 0) is 53.9 Å². The molecule has 0 spiro atoms. The molecule has 2 aliphatic rings. The normalized spacial score (nSPS) is 20.1. The molecule has 1 aromatic carbocycles. The first-order valence-electron chi connectivity index (χ1n) is 10.1. The molecule has 1 saturated heterocycles. The first-order chi connectivity index (χ1) is 15.0. The van der Waals surface area contributed by atoms with Gasteiger partial charge in [0.2, 0.25) is 0 Å². The van der Waals surface area contributed by atoms with Gasteiger partial charge in [0.05, 0.1) is 18.3 Å². The predicted molar refractivity (Wildman–Crippen MR) is 125 cm³/mol. The number of nitrogens with one attached hydrogen (secondary N) is 1. The molecule has 1 fully saturated rings. The van der Waals surface area contributed by atoms with Crippen LogP contribution >= 0.6 is 34.7 Å². The van der Waals surface area contributed by atoms with Crippen molar-refractivity contribution < 1.29 is 9.53 Å². The number of halogens is 1. The van der Waals surface area contributed by atoms with Gasteiger partial charge in [0.15, 0.2) is 5.43 Å². The average Bonchev–Trinajstić information content (AvgIpc) is 3.40. The van der Waals surface area contributed by atoms with Crippen LogP contribution in [0.1, 0.15) is 39.0 Å². The summed E-state index contributed by atoms with van der Waals surface area (Å²) in [4.78, 5) is 27.4. The molecule has 2 aliphatic heterocycles. The van der Waals surface area contributed by atoms with Crippen molar-refractivity contribution in [3.05, 3.63) is 78.9 Å². The van der Waals surface area contributed by atoms with E-state index >= 15 is 0 Å². The van der Waals surface area contributed by atoms with Gasteiger partial charge in [-0.15, -0.1) is 11.8 Å². The molecule has 3 aromatic rings.